The van der Waals surface area contributed by atoms with Crippen LogP contribution in [0, 0.1) is 5.92 Å². The third-order valence-corrected chi connectivity index (χ3v) is 5.14. The molecule has 1 amide bonds. The predicted molar refractivity (Wildman–Crippen MR) is 133 cm³/mol. The number of ether oxygens (including phenoxy) is 1. The Bertz CT molecular complexity index is 932. The topological polar surface area (TPSA) is 74.8 Å². The minimum atomic E-state index is -4.36. The molecule has 1 aliphatic carbocycles. The van der Waals surface area contributed by atoms with Gasteiger partial charge < -0.3 is 20.7 Å². The van der Waals surface area contributed by atoms with Gasteiger partial charge in [0, 0.05) is 31.7 Å². The van der Waals surface area contributed by atoms with E-state index in [1.807, 2.05) is 24.3 Å². The molecular weight excluding hydrogens is 548 g/mol. The average molecular weight is 576 g/mol. The highest BCUT2D eigenvalue weighted by atomic mass is 127. The summed E-state index contributed by atoms with van der Waals surface area (Å²) < 4.78 is 41.4. The zero-order valence-corrected chi connectivity index (χ0v) is 20.6. The van der Waals surface area contributed by atoms with Crippen LogP contribution in [0.1, 0.15) is 30.4 Å². The summed E-state index contributed by atoms with van der Waals surface area (Å²) in [4.78, 5) is 16.3. The van der Waals surface area contributed by atoms with Crippen molar-refractivity contribution < 1.29 is 22.7 Å². The van der Waals surface area contributed by atoms with Crippen molar-refractivity contribution in [3.8, 4) is 5.75 Å². The lowest BCUT2D eigenvalue weighted by Gasteiger charge is -2.24. The van der Waals surface area contributed by atoms with Gasteiger partial charge in [-0.05, 0) is 48.2 Å². The van der Waals surface area contributed by atoms with Gasteiger partial charge in [0.15, 0.2) is 12.6 Å². The minimum Gasteiger partial charge on any atom is -0.484 e. The molecule has 0 bridgehead atoms. The molecule has 0 radical (unpaired) electrons. The summed E-state index contributed by atoms with van der Waals surface area (Å²) in [6, 6.07) is 14.0. The fourth-order valence-corrected chi connectivity index (χ4v) is 3.13. The highest BCUT2D eigenvalue weighted by Crippen LogP contribution is 2.27. The number of carbonyl (C=O) groups excluding carboxylic acids is 1. The second kappa shape index (κ2) is 12.7. The number of guanidine groups is 1. The molecule has 1 saturated carbocycles. The first-order chi connectivity index (χ1) is 15.3. The van der Waals surface area contributed by atoms with Gasteiger partial charge in [-0.25, -0.2) is 0 Å². The van der Waals surface area contributed by atoms with Crippen LogP contribution >= 0.6 is 24.0 Å². The number of aliphatic imine (C=N–C) groups is 1. The molecule has 2 aromatic rings. The van der Waals surface area contributed by atoms with Gasteiger partial charge in [0.25, 0.3) is 0 Å². The Morgan fingerprint density at radius 3 is 2.30 bits per heavy atom. The Labute approximate surface area is 208 Å². The number of carbonyl (C=O) groups is 1. The summed E-state index contributed by atoms with van der Waals surface area (Å²) >= 11 is 0. The maximum atomic E-state index is 12.2. The molecule has 33 heavy (non-hydrogen) atoms. The van der Waals surface area contributed by atoms with Crippen LogP contribution in [0.2, 0.25) is 0 Å². The summed E-state index contributed by atoms with van der Waals surface area (Å²) in [6.45, 7) is -0.361. The molecule has 1 aliphatic rings. The lowest BCUT2D eigenvalue weighted by molar-refractivity contribution is -0.153. The van der Waals surface area contributed by atoms with Crippen LogP contribution in [-0.2, 0) is 17.9 Å². The summed E-state index contributed by atoms with van der Waals surface area (Å²) in [5.41, 5.74) is 2.63. The lowest BCUT2D eigenvalue weighted by atomic mass is 9.85. The first-order valence-electron chi connectivity index (χ1n) is 10.5. The van der Waals surface area contributed by atoms with Crippen LogP contribution in [-0.4, -0.2) is 31.7 Å². The van der Waals surface area contributed by atoms with Crippen LogP contribution in [0.25, 0.3) is 0 Å². The van der Waals surface area contributed by atoms with E-state index in [0.29, 0.717) is 19.0 Å². The molecule has 180 valence electrons. The van der Waals surface area contributed by atoms with Crippen LogP contribution in [0.15, 0.2) is 53.5 Å². The van der Waals surface area contributed by atoms with E-state index in [1.165, 1.54) is 12.1 Å². The molecule has 10 heteroatoms. The highest BCUT2D eigenvalue weighted by molar-refractivity contribution is 14.0. The highest BCUT2D eigenvalue weighted by Gasteiger charge is 2.28. The van der Waals surface area contributed by atoms with E-state index < -0.39 is 12.8 Å². The van der Waals surface area contributed by atoms with Crippen molar-refractivity contribution in [2.75, 3.05) is 19.0 Å². The van der Waals surface area contributed by atoms with E-state index in [4.69, 9.17) is 4.74 Å². The molecule has 1 fully saturated rings. The number of hydrogen-bond acceptors (Lipinski definition) is 3. The predicted octanol–water partition coefficient (Wildman–Crippen LogP) is 4.85. The van der Waals surface area contributed by atoms with Crippen molar-refractivity contribution in [2.45, 2.75) is 38.5 Å². The number of benzene rings is 2. The standard InChI is InChI=1S/C23H27F3N4O2.HI/c1-27-22(28-13-16-8-10-20(11-9-16)32-15-23(24,25)26)29-14-17-4-2-7-19(12-17)30-21(31)18-5-3-6-18;/h2,4,7-12,18H,3,5-6,13-15H2,1H3,(H,30,31)(H2,27,28,29);1H. The summed E-state index contributed by atoms with van der Waals surface area (Å²) in [5.74, 6) is 0.947. The largest absolute Gasteiger partial charge is 0.484 e. The summed E-state index contributed by atoms with van der Waals surface area (Å²) in [5, 5.41) is 9.33. The van der Waals surface area contributed by atoms with Crippen LogP contribution in [0.4, 0.5) is 18.9 Å². The molecule has 0 unspecified atom stereocenters. The quantitative estimate of drug-likeness (QED) is 0.239. The molecule has 0 heterocycles. The van der Waals surface area contributed by atoms with Gasteiger partial charge in [-0.15, -0.1) is 24.0 Å². The van der Waals surface area contributed by atoms with Crippen molar-refractivity contribution in [1.29, 1.82) is 0 Å². The molecule has 0 spiro atoms. The van der Waals surface area contributed by atoms with E-state index >= 15 is 0 Å². The van der Waals surface area contributed by atoms with E-state index in [2.05, 4.69) is 20.9 Å². The Balaban J connectivity index is 0.00000385. The minimum absolute atomic E-state index is 0. The van der Waals surface area contributed by atoms with Crippen molar-refractivity contribution in [2.24, 2.45) is 10.9 Å². The van der Waals surface area contributed by atoms with Gasteiger partial charge in [0.05, 0.1) is 0 Å². The van der Waals surface area contributed by atoms with Gasteiger partial charge >= 0.3 is 6.18 Å². The Hall–Kier alpha value is -2.50. The number of hydrogen-bond donors (Lipinski definition) is 3. The smallest absolute Gasteiger partial charge is 0.422 e. The molecule has 2 aromatic carbocycles. The SMILES string of the molecule is CN=C(NCc1ccc(OCC(F)(F)F)cc1)NCc1cccc(NC(=O)C2CCC2)c1.I. The fraction of sp³-hybridized carbons (Fsp3) is 0.391. The Kier molecular flexibility index (Phi) is 10.3. The van der Waals surface area contributed by atoms with Crippen molar-refractivity contribution in [3.05, 3.63) is 59.7 Å². The van der Waals surface area contributed by atoms with Gasteiger partial charge in [-0.3, -0.25) is 9.79 Å². The number of rotatable bonds is 8. The second-order valence-electron chi connectivity index (χ2n) is 7.64. The van der Waals surface area contributed by atoms with Crippen molar-refractivity contribution in [1.82, 2.24) is 10.6 Å². The normalized spacial score (nSPS) is 14.0. The molecule has 3 N–H and O–H groups in total. The monoisotopic (exact) mass is 576 g/mol. The first kappa shape index (κ1) is 26.7. The fourth-order valence-electron chi connectivity index (χ4n) is 3.13. The Morgan fingerprint density at radius 2 is 1.73 bits per heavy atom. The molecular formula is C23H28F3IN4O2. The number of anilines is 1. The van der Waals surface area contributed by atoms with Gasteiger partial charge in [-0.2, -0.15) is 13.2 Å². The number of amides is 1. The van der Waals surface area contributed by atoms with E-state index in [0.717, 1.165) is 36.1 Å². The number of halogens is 4. The molecule has 0 aliphatic heterocycles. The number of nitrogens with zero attached hydrogens (tertiary/aromatic N) is 1. The van der Waals surface area contributed by atoms with Crippen molar-refractivity contribution >= 4 is 41.5 Å². The molecule has 0 atom stereocenters. The molecule has 0 aromatic heterocycles. The molecule has 3 rings (SSSR count). The summed E-state index contributed by atoms with van der Waals surface area (Å²) in [7, 11) is 1.65. The molecule has 0 saturated heterocycles. The second-order valence-corrected chi connectivity index (χ2v) is 7.64. The van der Waals surface area contributed by atoms with Gasteiger partial charge in [0.2, 0.25) is 5.91 Å². The van der Waals surface area contributed by atoms with Crippen LogP contribution in [0.5, 0.6) is 5.75 Å². The van der Waals surface area contributed by atoms with E-state index in [9.17, 15) is 18.0 Å². The van der Waals surface area contributed by atoms with Gasteiger partial charge in [-0.1, -0.05) is 30.7 Å². The zero-order chi connectivity index (χ0) is 23.0. The van der Waals surface area contributed by atoms with E-state index in [-0.39, 0.29) is 41.6 Å². The summed E-state index contributed by atoms with van der Waals surface area (Å²) in [6.07, 6.45) is -1.33. The third-order valence-electron chi connectivity index (χ3n) is 5.14. The van der Waals surface area contributed by atoms with Crippen LogP contribution in [0.3, 0.4) is 0 Å². The number of alkyl halides is 3. The first-order valence-corrected chi connectivity index (χ1v) is 10.5. The maximum Gasteiger partial charge on any atom is 0.422 e. The number of nitrogens with one attached hydrogen (secondary N) is 3. The maximum absolute atomic E-state index is 12.2. The third kappa shape index (κ3) is 9.10. The van der Waals surface area contributed by atoms with E-state index in [1.54, 1.807) is 19.2 Å². The van der Waals surface area contributed by atoms with Gasteiger partial charge in [0.1, 0.15) is 5.75 Å². The van der Waals surface area contributed by atoms with Crippen molar-refractivity contribution in [3.63, 3.8) is 0 Å². The lowest BCUT2D eigenvalue weighted by Crippen LogP contribution is -2.36. The average Bonchev–Trinajstić information content (AvgIpc) is 2.71. The Morgan fingerprint density at radius 1 is 1.06 bits per heavy atom. The van der Waals surface area contributed by atoms with Crippen LogP contribution < -0.4 is 20.7 Å². The zero-order valence-electron chi connectivity index (χ0n) is 18.2. The molecule has 6 nitrogen and oxygen atoms in total.